The van der Waals surface area contributed by atoms with Crippen molar-refractivity contribution in [2.75, 3.05) is 39.8 Å². The van der Waals surface area contributed by atoms with Gasteiger partial charge in [-0.3, -0.25) is 9.88 Å². The lowest BCUT2D eigenvalue weighted by Gasteiger charge is -2.47. The third-order valence-corrected chi connectivity index (χ3v) is 4.17. The van der Waals surface area contributed by atoms with Gasteiger partial charge in [0, 0.05) is 32.4 Å². The average Bonchev–Trinajstić information content (AvgIpc) is 2.39. The van der Waals surface area contributed by atoms with Gasteiger partial charge in [0.05, 0.1) is 17.9 Å². The first-order valence-electron chi connectivity index (χ1n) is 7.21. The molecule has 4 nitrogen and oxygen atoms in total. The molecule has 1 spiro atoms. The number of morpholine rings is 1. The lowest BCUT2D eigenvalue weighted by atomic mass is 9.91. The van der Waals surface area contributed by atoms with E-state index in [0.29, 0.717) is 0 Å². The van der Waals surface area contributed by atoms with Gasteiger partial charge < -0.3 is 9.64 Å². The van der Waals surface area contributed by atoms with Crippen LogP contribution in [-0.2, 0) is 11.3 Å². The maximum atomic E-state index is 6.14. The molecule has 0 saturated carbocycles. The van der Waals surface area contributed by atoms with Crippen molar-refractivity contribution in [3.05, 3.63) is 30.1 Å². The number of likely N-dealkylation sites (N-methyl/N-ethyl adjacent to an activating group) is 1. The fourth-order valence-corrected chi connectivity index (χ4v) is 3.35. The summed E-state index contributed by atoms with van der Waals surface area (Å²) in [6, 6.07) is 6.14. The van der Waals surface area contributed by atoms with Gasteiger partial charge in [-0.05, 0) is 38.6 Å². The Kier molecular flexibility index (Phi) is 3.82. The third kappa shape index (κ3) is 3.14. The number of likely N-dealkylation sites (tertiary alicyclic amines) is 1. The molecule has 0 bridgehead atoms. The quantitative estimate of drug-likeness (QED) is 0.804. The van der Waals surface area contributed by atoms with Gasteiger partial charge in [-0.1, -0.05) is 6.07 Å². The molecule has 0 radical (unpaired) electrons. The van der Waals surface area contributed by atoms with E-state index in [9.17, 15) is 0 Å². The number of hydrogen-bond acceptors (Lipinski definition) is 4. The molecule has 2 aliphatic rings. The van der Waals surface area contributed by atoms with Crippen molar-refractivity contribution in [3.8, 4) is 0 Å². The van der Waals surface area contributed by atoms with Crippen LogP contribution in [0.4, 0.5) is 0 Å². The van der Waals surface area contributed by atoms with E-state index in [0.717, 1.165) is 38.5 Å². The predicted molar refractivity (Wildman–Crippen MR) is 74.9 cm³/mol. The largest absolute Gasteiger partial charge is 0.371 e. The predicted octanol–water partition coefficient (Wildman–Crippen LogP) is 1.38. The number of rotatable bonds is 2. The minimum Gasteiger partial charge on any atom is -0.371 e. The number of hydrogen-bond donors (Lipinski definition) is 0. The molecule has 4 heteroatoms. The smallest absolute Gasteiger partial charge is 0.0935 e. The highest BCUT2D eigenvalue weighted by molar-refractivity contribution is 5.04. The molecule has 3 heterocycles. The molecular formula is C15H23N3O. The molecule has 2 saturated heterocycles. The van der Waals surface area contributed by atoms with Crippen LogP contribution in [0.2, 0.25) is 0 Å². The molecule has 3 rings (SSSR count). The molecule has 0 unspecified atom stereocenters. The van der Waals surface area contributed by atoms with Crippen molar-refractivity contribution >= 4 is 0 Å². The standard InChI is InChI=1S/C15H23N3O/c1-17-8-4-6-15(12-17)13-18(9-10-19-15)11-14-5-2-3-7-16-14/h2-3,5,7H,4,6,8-13H2,1H3/t15-/m0/s1. The summed E-state index contributed by atoms with van der Waals surface area (Å²) in [7, 11) is 2.20. The van der Waals surface area contributed by atoms with Crippen molar-refractivity contribution in [1.82, 2.24) is 14.8 Å². The van der Waals surface area contributed by atoms with Crippen LogP contribution in [0.3, 0.4) is 0 Å². The molecule has 19 heavy (non-hydrogen) atoms. The summed E-state index contributed by atoms with van der Waals surface area (Å²) in [5, 5.41) is 0. The van der Waals surface area contributed by atoms with E-state index in [2.05, 4.69) is 34.0 Å². The average molecular weight is 261 g/mol. The van der Waals surface area contributed by atoms with Crippen LogP contribution >= 0.6 is 0 Å². The number of pyridine rings is 1. The molecule has 0 amide bonds. The van der Waals surface area contributed by atoms with Crippen molar-refractivity contribution in [2.24, 2.45) is 0 Å². The van der Waals surface area contributed by atoms with Crippen molar-refractivity contribution in [1.29, 1.82) is 0 Å². The number of ether oxygens (including phenoxy) is 1. The maximum Gasteiger partial charge on any atom is 0.0935 e. The van der Waals surface area contributed by atoms with Crippen LogP contribution in [0.1, 0.15) is 18.5 Å². The molecule has 0 aliphatic carbocycles. The second kappa shape index (κ2) is 5.57. The zero-order valence-electron chi connectivity index (χ0n) is 11.7. The number of nitrogens with zero attached hydrogens (tertiary/aromatic N) is 3. The first kappa shape index (κ1) is 13.0. The molecule has 1 aromatic heterocycles. The van der Waals surface area contributed by atoms with Gasteiger partial charge in [0.25, 0.3) is 0 Å². The van der Waals surface area contributed by atoms with Crippen LogP contribution in [0.5, 0.6) is 0 Å². The fourth-order valence-electron chi connectivity index (χ4n) is 3.35. The Labute approximate surface area is 115 Å². The molecular weight excluding hydrogens is 238 g/mol. The van der Waals surface area contributed by atoms with Gasteiger partial charge >= 0.3 is 0 Å². The van der Waals surface area contributed by atoms with Crippen LogP contribution in [0.25, 0.3) is 0 Å². The minimum absolute atomic E-state index is 0.0556. The van der Waals surface area contributed by atoms with Crippen molar-refractivity contribution < 1.29 is 4.74 Å². The van der Waals surface area contributed by atoms with Gasteiger partial charge in [0.15, 0.2) is 0 Å². The topological polar surface area (TPSA) is 28.6 Å². The van der Waals surface area contributed by atoms with Gasteiger partial charge in [0.1, 0.15) is 0 Å². The molecule has 2 aliphatic heterocycles. The Morgan fingerprint density at radius 1 is 1.32 bits per heavy atom. The van der Waals surface area contributed by atoms with Gasteiger partial charge in [0.2, 0.25) is 0 Å². The van der Waals surface area contributed by atoms with Crippen molar-refractivity contribution in [3.63, 3.8) is 0 Å². The van der Waals surface area contributed by atoms with E-state index in [1.807, 2.05) is 12.3 Å². The summed E-state index contributed by atoms with van der Waals surface area (Å²) < 4.78 is 6.14. The highest BCUT2D eigenvalue weighted by atomic mass is 16.5. The van der Waals surface area contributed by atoms with E-state index in [1.54, 1.807) is 0 Å². The van der Waals surface area contributed by atoms with Gasteiger partial charge in [-0.2, -0.15) is 0 Å². The first-order chi connectivity index (χ1) is 9.26. The SMILES string of the molecule is CN1CCC[C@]2(C1)CN(Cc1ccccn1)CCO2. The Morgan fingerprint density at radius 3 is 3.05 bits per heavy atom. The van der Waals surface area contributed by atoms with Crippen LogP contribution in [0, 0.1) is 0 Å². The fraction of sp³-hybridized carbons (Fsp3) is 0.667. The summed E-state index contributed by atoms with van der Waals surface area (Å²) in [6.45, 7) is 6.10. The zero-order valence-corrected chi connectivity index (χ0v) is 11.7. The van der Waals surface area contributed by atoms with Crippen molar-refractivity contribution in [2.45, 2.75) is 25.0 Å². The Morgan fingerprint density at radius 2 is 2.26 bits per heavy atom. The number of piperidine rings is 1. The lowest BCUT2D eigenvalue weighted by Crippen LogP contribution is -2.58. The minimum atomic E-state index is 0.0556. The summed E-state index contributed by atoms with van der Waals surface area (Å²) in [5.74, 6) is 0. The van der Waals surface area contributed by atoms with E-state index < -0.39 is 0 Å². The van der Waals surface area contributed by atoms with Crippen LogP contribution in [-0.4, -0.2) is 60.2 Å². The highest BCUT2D eigenvalue weighted by Crippen LogP contribution is 2.28. The molecule has 0 aromatic carbocycles. The van der Waals surface area contributed by atoms with Crippen LogP contribution in [0.15, 0.2) is 24.4 Å². The third-order valence-electron chi connectivity index (χ3n) is 4.17. The number of aromatic nitrogens is 1. The van der Waals surface area contributed by atoms with E-state index in [-0.39, 0.29) is 5.60 Å². The highest BCUT2D eigenvalue weighted by Gasteiger charge is 2.39. The van der Waals surface area contributed by atoms with E-state index in [1.165, 1.54) is 19.4 Å². The molecule has 104 valence electrons. The second-order valence-corrected chi connectivity index (χ2v) is 5.90. The maximum absolute atomic E-state index is 6.14. The van der Waals surface area contributed by atoms with Gasteiger partial charge in [-0.15, -0.1) is 0 Å². The monoisotopic (exact) mass is 261 g/mol. The summed E-state index contributed by atoms with van der Waals surface area (Å²) >= 11 is 0. The molecule has 0 N–H and O–H groups in total. The second-order valence-electron chi connectivity index (χ2n) is 5.90. The van der Waals surface area contributed by atoms with E-state index >= 15 is 0 Å². The Bertz CT molecular complexity index is 407. The van der Waals surface area contributed by atoms with E-state index in [4.69, 9.17) is 4.74 Å². The first-order valence-corrected chi connectivity index (χ1v) is 7.21. The Hall–Kier alpha value is -0.970. The van der Waals surface area contributed by atoms with Crippen LogP contribution < -0.4 is 0 Å². The normalized spacial score (nSPS) is 29.7. The summed E-state index contributed by atoms with van der Waals surface area (Å²) in [5.41, 5.74) is 1.21. The summed E-state index contributed by atoms with van der Waals surface area (Å²) in [6.07, 6.45) is 4.31. The summed E-state index contributed by atoms with van der Waals surface area (Å²) in [4.78, 5) is 9.32. The Balaban J connectivity index is 1.64. The van der Waals surface area contributed by atoms with Gasteiger partial charge in [-0.25, -0.2) is 0 Å². The zero-order chi connectivity index (χ0) is 13.1. The molecule has 1 atom stereocenters. The molecule has 1 aromatic rings. The molecule has 2 fully saturated rings. The lowest BCUT2D eigenvalue weighted by molar-refractivity contribution is -0.138.